The van der Waals surface area contributed by atoms with E-state index in [1.165, 1.54) is 6.26 Å². The van der Waals surface area contributed by atoms with Gasteiger partial charge in [-0.15, -0.1) is 0 Å². The van der Waals surface area contributed by atoms with Crippen LogP contribution in [0.5, 0.6) is 0 Å². The molecule has 52 valence electrons. The minimum absolute atomic E-state index is 0.222. The molecule has 0 amide bonds. The lowest BCUT2D eigenvalue weighted by molar-refractivity contribution is 0.584. The highest BCUT2D eigenvalue weighted by Gasteiger charge is 2.07. The minimum Gasteiger partial charge on any atom is -0.447 e. The first-order chi connectivity index (χ1) is 4.79. The minimum atomic E-state index is 0.222. The summed E-state index contributed by atoms with van der Waals surface area (Å²) in [7, 11) is 0. The van der Waals surface area contributed by atoms with Crippen LogP contribution in [0.4, 0.5) is 5.88 Å². The molecule has 3 heteroatoms. The quantitative estimate of drug-likeness (QED) is 0.632. The number of nitriles is 1. The highest BCUT2D eigenvalue weighted by atomic mass is 16.3. The molecule has 0 saturated heterocycles. The number of furan rings is 1. The third-order valence-electron chi connectivity index (χ3n) is 1.39. The fraction of sp³-hybridized carbons (Fsp3) is 0.286. The van der Waals surface area contributed by atoms with Gasteiger partial charge in [0.2, 0.25) is 5.88 Å². The Bertz CT molecular complexity index is 270. The molecule has 0 aliphatic carbocycles. The van der Waals surface area contributed by atoms with Crippen LogP contribution >= 0.6 is 0 Å². The van der Waals surface area contributed by atoms with Gasteiger partial charge in [-0.2, -0.15) is 5.26 Å². The Morgan fingerprint density at radius 3 is 2.90 bits per heavy atom. The first-order valence-electron chi connectivity index (χ1n) is 3.05. The molecule has 3 nitrogen and oxygen atoms in total. The van der Waals surface area contributed by atoms with E-state index in [1.807, 2.05) is 13.0 Å². The Labute approximate surface area is 59.1 Å². The number of nitrogen functional groups attached to an aromatic ring is 1. The van der Waals surface area contributed by atoms with Gasteiger partial charge in [0, 0.05) is 5.56 Å². The van der Waals surface area contributed by atoms with Crippen LogP contribution in [0.2, 0.25) is 0 Å². The molecule has 0 aliphatic heterocycles. The second-order valence-electron chi connectivity index (χ2n) is 1.97. The Balaban J connectivity index is 3.17. The predicted molar refractivity (Wildman–Crippen MR) is 37.2 cm³/mol. The molecule has 0 saturated carbocycles. The summed E-state index contributed by atoms with van der Waals surface area (Å²) in [6, 6.07) is 1.98. The summed E-state index contributed by atoms with van der Waals surface area (Å²) in [5.41, 5.74) is 6.69. The van der Waals surface area contributed by atoms with E-state index in [1.54, 1.807) is 0 Å². The second-order valence-corrected chi connectivity index (χ2v) is 1.97. The Hall–Kier alpha value is -1.43. The van der Waals surface area contributed by atoms with E-state index in [2.05, 4.69) is 0 Å². The lowest BCUT2D eigenvalue weighted by Crippen LogP contribution is -1.86. The van der Waals surface area contributed by atoms with Gasteiger partial charge in [0.05, 0.1) is 6.26 Å². The van der Waals surface area contributed by atoms with Gasteiger partial charge in [-0.05, 0) is 6.42 Å². The molecule has 1 heterocycles. The fourth-order valence-corrected chi connectivity index (χ4v) is 0.798. The lowest BCUT2D eigenvalue weighted by Gasteiger charge is -1.85. The van der Waals surface area contributed by atoms with Crippen molar-refractivity contribution < 1.29 is 4.42 Å². The Kier molecular flexibility index (Phi) is 1.63. The van der Waals surface area contributed by atoms with Crippen molar-refractivity contribution in [2.24, 2.45) is 0 Å². The molecule has 0 aliphatic rings. The number of anilines is 1. The fourth-order valence-electron chi connectivity index (χ4n) is 0.798. The Morgan fingerprint density at radius 1 is 1.80 bits per heavy atom. The van der Waals surface area contributed by atoms with E-state index in [9.17, 15) is 0 Å². The summed E-state index contributed by atoms with van der Waals surface area (Å²) in [4.78, 5) is 0. The SMILES string of the molecule is CCc1coc(N)c1C#N. The van der Waals surface area contributed by atoms with Crippen LogP contribution in [0.3, 0.4) is 0 Å². The van der Waals surface area contributed by atoms with Crippen LogP contribution < -0.4 is 5.73 Å². The van der Waals surface area contributed by atoms with Gasteiger partial charge < -0.3 is 10.2 Å². The van der Waals surface area contributed by atoms with Crippen molar-refractivity contribution in [1.29, 1.82) is 5.26 Å². The zero-order valence-electron chi connectivity index (χ0n) is 5.72. The summed E-state index contributed by atoms with van der Waals surface area (Å²) in [6.07, 6.45) is 2.30. The predicted octanol–water partition coefficient (Wildman–Crippen LogP) is 1.30. The first kappa shape index (κ1) is 6.69. The van der Waals surface area contributed by atoms with Crippen molar-refractivity contribution in [2.45, 2.75) is 13.3 Å². The monoisotopic (exact) mass is 136 g/mol. The number of nitrogens with zero attached hydrogens (tertiary/aromatic N) is 1. The molecule has 0 fully saturated rings. The van der Waals surface area contributed by atoms with Crippen LogP contribution in [0, 0.1) is 11.3 Å². The smallest absolute Gasteiger partial charge is 0.208 e. The molecule has 1 aromatic heterocycles. The van der Waals surface area contributed by atoms with Crippen molar-refractivity contribution in [2.75, 3.05) is 5.73 Å². The molecule has 1 rings (SSSR count). The summed E-state index contributed by atoms with van der Waals surface area (Å²) < 4.78 is 4.83. The summed E-state index contributed by atoms with van der Waals surface area (Å²) in [5, 5.41) is 8.53. The molecule has 1 aromatic rings. The normalized spacial score (nSPS) is 9.20. The summed E-state index contributed by atoms with van der Waals surface area (Å²) in [5.74, 6) is 0.222. The van der Waals surface area contributed by atoms with Gasteiger partial charge in [0.15, 0.2) is 0 Å². The summed E-state index contributed by atoms with van der Waals surface area (Å²) in [6.45, 7) is 1.95. The highest BCUT2D eigenvalue weighted by Crippen LogP contribution is 2.17. The molecule has 0 radical (unpaired) electrons. The van der Waals surface area contributed by atoms with Gasteiger partial charge >= 0.3 is 0 Å². The number of rotatable bonds is 1. The molecule has 0 unspecified atom stereocenters. The number of aryl methyl sites for hydroxylation is 1. The zero-order valence-corrected chi connectivity index (χ0v) is 5.72. The van der Waals surface area contributed by atoms with E-state index in [0.717, 1.165) is 12.0 Å². The van der Waals surface area contributed by atoms with Crippen molar-refractivity contribution >= 4 is 5.88 Å². The van der Waals surface area contributed by atoms with Crippen molar-refractivity contribution in [3.63, 3.8) is 0 Å². The maximum atomic E-state index is 8.53. The van der Waals surface area contributed by atoms with Gasteiger partial charge in [-0.25, -0.2) is 0 Å². The maximum absolute atomic E-state index is 8.53. The number of nitrogens with two attached hydrogens (primary N) is 1. The summed E-state index contributed by atoms with van der Waals surface area (Å²) >= 11 is 0. The molecule has 2 N–H and O–H groups in total. The average Bonchev–Trinajstić information content (AvgIpc) is 2.30. The van der Waals surface area contributed by atoms with Gasteiger partial charge in [0.25, 0.3) is 0 Å². The van der Waals surface area contributed by atoms with Crippen LogP contribution in [0.15, 0.2) is 10.7 Å². The topological polar surface area (TPSA) is 62.9 Å². The standard InChI is InChI=1S/C7H8N2O/c1-2-5-4-10-7(9)6(5)3-8/h4H,2,9H2,1H3. The second kappa shape index (κ2) is 2.44. The molecule has 0 bridgehead atoms. The third kappa shape index (κ3) is 0.841. The highest BCUT2D eigenvalue weighted by molar-refractivity contribution is 5.50. The van der Waals surface area contributed by atoms with Crippen LogP contribution in [0.1, 0.15) is 18.1 Å². The van der Waals surface area contributed by atoms with Crippen molar-refractivity contribution in [3.05, 3.63) is 17.4 Å². The third-order valence-corrected chi connectivity index (χ3v) is 1.39. The number of hydrogen-bond donors (Lipinski definition) is 1. The van der Waals surface area contributed by atoms with Crippen LogP contribution in [0.25, 0.3) is 0 Å². The number of hydrogen-bond acceptors (Lipinski definition) is 3. The average molecular weight is 136 g/mol. The van der Waals surface area contributed by atoms with E-state index >= 15 is 0 Å². The van der Waals surface area contributed by atoms with Gasteiger partial charge in [0.1, 0.15) is 11.6 Å². The van der Waals surface area contributed by atoms with E-state index in [0.29, 0.717) is 5.56 Å². The van der Waals surface area contributed by atoms with Gasteiger partial charge in [-0.1, -0.05) is 6.92 Å². The molecular weight excluding hydrogens is 128 g/mol. The maximum Gasteiger partial charge on any atom is 0.208 e. The largest absolute Gasteiger partial charge is 0.447 e. The van der Waals surface area contributed by atoms with E-state index in [-0.39, 0.29) is 5.88 Å². The van der Waals surface area contributed by atoms with Crippen LogP contribution in [-0.4, -0.2) is 0 Å². The molecule has 0 spiro atoms. The van der Waals surface area contributed by atoms with Gasteiger partial charge in [-0.3, -0.25) is 0 Å². The molecule has 10 heavy (non-hydrogen) atoms. The van der Waals surface area contributed by atoms with Crippen molar-refractivity contribution in [1.82, 2.24) is 0 Å². The molecule has 0 atom stereocenters. The van der Waals surface area contributed by atoms with E-state index < -0.39 is 0 Å². The lowest BCUT2D eigenvalue weighted by atomic mass is 10.1. The van der Waals surface area contributed by atoms with Crippen molar-refractivity contribution in [3.8, 4) is 6.07 Å². The molecule has 0 aromatic carbocycles. The first-order valence-corrected chi connectivity index (χ1v) is 3.05. The molecular formula is C7H8N2O. The van der Waals surface area contributed by atoms with Crippen LogP contribution in [-0.2, 0) is 6.42 Å². The van der Waals surface area contributed by atoms with E-state index in [4.69, 9.17) is 15.4 Å². The zero-order chi connectivity index (χ0) is 7.56. The Morgan fingerprint density at radius 2 is 2.50 bits per heavy atom.